The Kier molecular flexibility index (Phi) is 5.44. The Morgan fingerprint density at radius 3 is 2.65 bits per heavy atom. The van der Waals surface area contributed by atoms with E-state index in [2.05, 4.69) is 31.3 Å². The molecule has 0 aliphatic heterocycles. The molecule has 0 aromatic heterocycles. The first kappa shape index (κ1) is 14.5. The lowest BCUT2D eigenvalue weighted by Gasteiger charge is -2.25. The predicted molar refractivity (Wildman–Crippen MR) is 73.6 cm³/mol. The largest absolute Gasteiger partial charge is 0.375 e. The standard InChI is InChI=1S/C14H22ClNO/c1-5-17-14(3,4)10-16-9-12-7-6-11(2)8-13(12)15/h6-8,16H,5,9-10H2,1-4H3. The summed E-state index contributed by atoms with van der Waals surface area (Å²) in [7, 11) is 0. The van der Waals surface area contributed by atoms with Crippen LogP contribution in [-0.4, -0.2) is 18.8 Å². The molecule has 0 aliphatic rings. The minimum atomic E-state index is -0.133. The molecule has 0 unspecified atom stereocenters. The number of hydrogen-bond donors (Lipinski definition) is 1. The van der Waals surface area contributed by atoms with E-state index in [1.165, 1.54) is 5.56 Å². The van der Waals surface area contributed by atoms with Crippen molar-refractivity contribution in [2.75, 3.05) is 13.2 Å². The second kappa shape index (κ2) is 6.39. The summed E-state index contributed by atoms with van der Waals surface area (Å²) in [5.41, 5.74) is 2.18. The molecule has 0 fully saturated rings. The first-order valence-electron chi connectivity index (χ1n) is 6.04. The average molecular weight is 256 g/mol. The van der Waals surface area contributed by atoms with Crippen LogP contribution in [0.3, 0.4) is 0 Å². The second-order valence-electron chi connectivity index (χ2n) is 4.89. The molecule has 0 saturated carbocycles. The molecule has 1 aromatic rings. The highest BCUT2D eigenvalue weighted by Gasteiger charge is 2.16. The van der Waals surface area contributed by atoms with Crippen molar-refractivity contribution >= 4 is 11.6 Å². The Morgan fingerprint density at radius 2 is 2.06 bits per heavy atom. The minimum absolute atomic E-state index is 0.133. The number of hydrogen-bond acceptors (Lipinski definition) is 2. The van der Waals surface area contributed by atoms with Gasteiger partial charge >= 0.3 is 0 Å². The molecular formula is C14H22ClNO. The van der Waals surface area contributed by atoms with Gasteiger partial charge in [0.15, 0.2) is 0 Å². The number of rotatable bonds is 6. The van der Waals surface area contributed by atoms with Gasteiger partial charge in [0, 0.05) is 24.7 Å². The van der Waals surface area contributed by atoms with Crippen LogP contribution in [0.4, 0.5) is 0 Å². The fourth-order valence-electron chi connectivity index (χ4n) is 1.74. The fraction of sp³-hybridized carbons (Fsp3) is 0.571. The summed E-state index contributed by atoms with van der Waals surface area (Å²) < 4.78 is 5.62. The van der Waals surface area contributed by atoms with Crippen LogP contribution in [0.15, 0.2) is 18.2 Å². The molecule has 1 N–H and O–H groups in total. The van der Waals surface area contributed by atoms with Gasteiger partial charge in [0.2, 0.25) is 0 Å². The van der Waals surface area contributed by atoms with Crippen LogP contribution in [0.2, 0.25) is 5.02 Å². The van der Waals surface area contributed by atoms with Gasteiger partial charge < -0.3 is 10.1 Å². The lowest BCUT2D eigenvalue weighted by molar-refractivity contribution is -0.00897. The molecule has 1 rings (SSSR count). The van der Waals surface area contributed by atoms with Gasteiger partial charge in [-0.05, 0) is 44.9 Å². The molecule has 0 aliphatic carbocycles. The van der Waals surface area contributed by atoms with E-state index in [-0.39, 0.29) is 5.60 Å². The van der Waals surface area contributed by atoms with Crippen LogP contribution in [0.1, 0.15) is 31.9 Å². The first-order chi connectivity index (χ1) is 7.94. The van der Waals surface area contributed by atoms with Crippen molar-refractivity contribution < 1.29 is 4.74 Å². The van der Waals surface area contributed by atoms with Crippen molar-refractivity contribution in [3.05, 3.63) is 34.3 Å². The summed E-state index contributed by atoms with van der Waals surface area (Å²) in [6, 6.07) is 6.14. The molecule has 0 bridgehead atoms. The summed E-state index contributed by atoms with van der Waals surface area (Å²) in [6.45, 7) is 10.5. The van der Waals surface area contributed by atoms with E-state index >= 15 is 0 Å². The number of benzene rings is 1. The monoisotopic (exact) mass is 255 g/mol. The highest BCUT2D eigenvalue weighted by molar-refractivity contribution is 6.31. The molecule has 0 saturated heterocycles. The van der Waals surface area contributed by atoms with Gasteiger partial charge in [-0.2, -0.15) is 0 Å². The van der Waals surface area contributed by atoms with Crippen molar-refractivity contribution in [2.45, 2.75) is 39.8 Å². The predicted octanol–water partition coefficient (Wildman–Crippen LogP) is 3.55. The van der Waals surface area contributed by atoms with Crippen molar-refractivity contribution in [3.63, 3.8) is 0 Å². The molecular weight excluding hydrogens is 234 g/mol. The van der Waals surface area contributed by atoms with Crippen LogP contribution in [0.5, 0.6) is 0 Å². The highest BCUT2D eigenvalue weighted by Crippen LogP contribution is 2.17. The minimum Gasteiger partial charge on any atom is -0.375 e. The normalized spacial score (nSPS) is 11.8. The highest BCUT2D eigenvalue weighted by atomic mass is 35.5. The summed E-state index contributed by atoms with van der Waals surface area (Å²) in [5, 5.41) is 4.20. The van der Waals surface area contributed by atoms with Crippen LogP contribution in [0, 0.1) is 6.92 Å². The quantitative estimate of drug-likeness (QED) is 0.839. The molecule has 17 heavy (non-hydrogen) atoms. The molecule has 2 nitrogen and oxygen atoms in total. The molecule has 96 valence electrons. The molecule has 1 aromatic carbocycles. The summed E-state index contributed by atoms with van der Waals surface area (Å²) in [4.78, 5) is 0. The molecule has 0 atom stereocenters. The molecule has 0 radical (unpaired) electrons. The maximum atomic E-state index is 6.17. The maximum absolute atomic E-state index is 6.17. The maximum Gasteiger partial charge on any atom is 0.0750 e. The van der Waals surface area contributed by atoms with E-state index in [0.717, 1.165) is 30.3 Å². The van der Waals surface area contributed by atoms with Crippen LogP contribution in [-0.2, 0) is 11.3 Å². The van der Waals surface area contributed by atoms with Gasteiger partial charge in [0.1, 0.15) is 0 Å². The molecule has 0 heterocycles. The number of halogens is 1. The average Bonchev–Trinajstić information content (AvgIpc) is 2.21. The Labute approximate surface area is 109 Å². The number of nitrogens with one attached hydrogen (secondary N) is 1. The van der Waals surface area contributed by atoms with E-state index in [0.29, 0.717) is 0 Å². The fourth-order valence-corrected chi connectivity index (χ4v) is 2.04. The van der Waals surface area contributed by atoms with Crippen molar-refractivity contribution in [1.29, 1.82) is 0 Å². The Hall–Kier alpha value is -0.570. The SMILES string of the molecule is CCOC(C)(C)CNCc1ccc(C)cc1Cl. The third-order valence-corrected chi connectivity index (χ3v) is 2.96. The van der Waals surface area contributed by atoms with Crippen molar-refractivity contribution in [3.8, 4) is 0 Å². The zero-order valence-corrected chi connectivity index (χ0v) is 11.9. The first-order valence-corrected chi connectivity index (χ1v) is 6.42. The topological polar surface area (TPSA) is 21.3 Å². The van der Waals surface area contributed by atoms with Gasteiger partial charge in [-0.15, -0.1) is 0 Å². The van der Waals surface area contributed by atoms with Gasteiger partial charge in [-0.1, -0.05) is 23.7 Å². The van der Waals surface area contributed by atoms with Gasteiger partial charge in [0.25, 0.3) is 0 Å². The summed E-state index contributed by atoms with van der Waals surface area (Å²) >= 11 is 6.17. The zero-order chi connectivity index (χ0) is 12.9. The summed E-state index contributed by atoms with van der Waals surface area (Å²) in [5.74, 6) is 0. The molecule has 0 amide bonds. The lowest BCUT2D eigenvalue weighted by atomic mass is 10.1. The number of ether oxygens (including phenoxy) is 1. The van der Waals surface area contributed by atoms with E-state index < -0.39 is 0 Å². The Balaban J connectivity index is 2.46. The zero-order valence-electron chi connectivity index (χ0n) is 11.1. The Morgan fingerprint density at radius 1 is 1.35 bits per heavy atom. The van der Waals surface area contributed by atoms with E-state index in [1.54, 1.807) is 0 Å². The number of aryl methyl sites for hydroxylation is 1. The van der Waals surface area contributed by atoms with Gasteiger partial charge in [-0.3, -0.25) is 0 Å². The molecule has 3 heteroatoms. The smallest absolute Gasteiger partial charge is 0.0750 e. The Bertz CT molecular complexity index is 363. The van der Waals surface area contributed by atoms with E-state index in [9.17, 15) is 0 Å². The third-order valence-electron chi connectivity index (χ3n) is 2.61. The molecule has 0 spiro atoms. The van der Waals surface area contributed by atoms with Gasteiger partial charge in [-0.25, -0.2) is 0 Å². The summed E-state index contributed by atoms with van der Waals surface area (Å²) in [6.07, 6.45) is 0. The van der Waals surface area contributed by atoms with Crippen LogP contribution in [0.25, 0.3) is 0 Å². The second-order valence-corrected chi connectivity index (χ2v) is 5.30. The van der Waals surface area contributed by atoms with E-state index in [1.807, 2.05) is 19.9 Å². The van der Waals surface area contributed by atoms with E-state index in [4.69, 9.17) is 16.3 Å². The lowest BCUT2D eigenvalue weighted by Crippen LogP contribution is -2.37. The van der Waals surface area contributed by atoms with Gasteiger partial charge in [0.05, 0.1) is 5.60 Å². The van der Waals surface area contributed by atoms with Crippen molar-refractivity contribution in [2.24, 2.45) is 0 Å². The third kappa shape index (κ3) is 5.07. The van der Waals surface area contributed by atoms with Crippen LogP contribution >= 0.6 is 11.6 Å². The van der Waals surface area contributed by atoms with Crippen LogP contribution < -0.4 is 5.32 Å². The van der Waals surface area contributed by atoms with Crippen molar-refractivity contribution in [1.82, 2.24) is 5.32 Å².